The van der Waals surface area contributed by atoms with Gasteiger partial charge in [0.15, 0.2) is 5.13 Å². The maximum atomic E-state index is 11.9. The summed E-state index contributed by atoms with van der Waals surface area (Å²) in [6, 6.07) is 3.42. The molecular weight excluding hydrogens is 371 g/mol. The van der Waals surface area contributed by atoms with Crippen LogP contribution in [-0.2, 0) is 4.79 Å². The molecule has 1 aromatic heterocycles. The Hall–Kier alpha value is -0.360. The van der Waals surface area contributed by atoms with Crippen LogP contribution in [0.4, 0.5) is 5.13 Å². The largest absolute Gasteiger partial charge is 0.301 e. The molecule has 102 valence electrons. The van der Waals surface area contributed by atoms with Crippen LogP contribution in [0.25, 0.3) is 10.2 Å². The zero-order valence-electron chi connectivity index (χ0n) is 10.2. The molecule has 0 saturated heterocycles. The summed E-state index contributed by atoms with van der Waals surface area (Å²) in [6.45, 7) is 3.93. The number of amides is 1. The normalized spacial score (nSPS) is 12.9. The molecule has 0 aliphatic rings. The van der Waals surface area contributed by atoms with Crippen molar-refractivity contribution in [2.75, 3.05) is 5.32 Å². The molecule has 0 bridgehead atoms. The number of thiazole rings is 1. The lowest BCUT2D eigenvalue weighted by Crippen LogP contribution is -2.26. The molecular formula is C12H11BrCl2N2OS. The van der Waals surface area contributed by atoms with Crippen molar-refractivity contribution in [2.45, 2.75) is 18.7 Å². The fraction of sp³-hybridized carbons (Fsp3) is 0.333. The quantitative estimate of drug-likeness (QED) is 0.763. The van der Waals surface area contributed by atoms with E-state index in [2.05, 4.69) is 26.2 Å². The van der Waals surface area contributed by atoms with Crippen LogP contribution in [0.5, 0.6) is 0 Å². The summed E-state index contributed by atoms with van der Waals surface area (Å²) in [6.07, 6.45) is 0. The van der Waals surface area contributed by atoms with Crippen LogP contribution in [0, 0.1) is 5.92 Å². The van der Waals surface area contributed by atoms with Crippen molar-refractivity contribution in [3.05, 3.63) is 22.2 Å². The molecule has 1 N–H and O–H groups in total. The Balaban J connectivity index is 2.27. The number of halogens is 3. The summed E-state index contributed by atoms with van der Waals surface area (Å²) in [5.74, 6) is 0.0867. The zero-order valence-corrected chi connectivity index (χ0v) is 14.1. The smallest absolute Gasteiger partial charge is 0.240 e. The van der Waals surface area contributed by atoms with E-state index in [4.69, 9.17) is 23.2 Å². The van der Waals surface area contributed by atoms with E-state index < -0.39 is 0 Å². The van der Waals surface area contributed by atoms with Gasteiger partial charge in [-0.15, -0.1) is 0 Å². The van der Waals surface area contributed by atoms with E-state index in [1.165, 1.54) is 11.3 Å². The number of aromatic nitrogens is 1. The lowest BCUT2D eigenvalue weighted by atomic mass is 10.1. The maximum Gasteiger partial charge on any atom is 0.240 e. The van der Waals surface area contributed by atoms with Crippen molar-refractivity contribution in [1.29, 1.82) is 0 Å². The number of carbonyl (C=O) groups is 1. The van der Waals surface area contributed by atoms with E-state index in [0.29, 0.717) is 20.7 Å². The predicted molar refractivity (Wildman–Crippen MR) is 85.8 cm³/mol. The van der Waals surface area contributed by atoms with Crippen molar-refractivity contribution < 1.29 is 4.79 Å². The summed E-state index contributed by atoms with van der Waals surface area (Å²) < 4.78 is 0.850. The van der Waals surface area contributed by atoms with Gasteiger partial charge in [0.05, 0.1) is 14.5 Å². The summed E-state index contributed by atoms with van der Waals surface area (Å²) in [4.78, 5) is 16.0. The molecule has 1 aromatic carbocycles. The van der Waals surface area contributed by atoms with Crippen molar-refractivity contribution in [1.82, 2.24) is 4.98 Å². The number of benzene rings is 1. The number of anilines is 1. The molecule has 2 rings (SSSR count). The number of fused-ring (bicyclic) bond motifs is 1. The van der Waals surface area contributed by atoms with Gasteiger partial charge >= 0.3 is 0 Å². The van der Waals surface area contributed by atoms with Crippen LogP contribution in [0.1, 0.15) is 13.8 Å². The third kappa shape index (κ3) is 3.40. The van der Waals surface area contributed by atoms with Crippen LogP contribution in [0.3, 0.4) is 0 Å². The van der Waals surface area contributed by atoms with Crippen molar-refractivity contribution >= 4 is 71.7 Å². The average Bonchev–Trinajstić information content (AvgIpc) is 2.70. The second-order valence-electron chi connectivity index (χ2n) is 4.39. The lowest BCUT2D eigenvalue weighted by Gasteiger charge is -2.11. The van der Waals surface area contributed by atoms with Gasteiger partial charge in [0.2, 0.25) is 5.91 Å². The van der Waals surface area contributed by atoms with Crippen molar-refractivity contribution in [3.63, 3.8) is 0 Å². The number of alkyl halides is 1. The highest BCUT2D eigenvalue weighted by molar-refractivity contribution is 9.10. The standard InChI is InChI=1S/C12H11BrCl2N2OS/c1-5(2)9(13)11(18)17-12-16-10-7(15)3-6(14)4-8(10)19-12/h3-5,9H,1-2H3,(H,16,17,18). The fourth-order valence-electron chi connectivity index (χ4n) is 1.49. The minimum Gasteiger partial charge on any atom is -0.301 e. The number of hydrogen-bond acceptors (Lipinski definition) is 3. The molecule has 0 fully saturated rings. The summed E-state index contributed by atoms with van der Waals surface area (Å²) in [5, 5.41) is 4.34. The average molecular weight is 382 g/mol. The van der Waals surface area contributed by atoms with E-state index in [0.717, 1.165) is 4.70 Å². The third-order valence-electron chi connectivity index (χ3n) is 2.48. The molecule has 19 heavy (non-hydrogen) atoms. The van der Waals surface area contributed by atoms with Gasteiger partial charge in [0.25, 0.3) is 0 Å². The molecule has 1 unspecified atom stereocenters. The minimum absolute atomic E-state index is 0.115. The molecule has 0 aliphatic carbocycles. The van der Waals surface area contributed by atoms with Gasteiger partial charge in [0, 0.05) is 5.02 Å². The van der Waals surface area contributed by atoms with E-state index in [1.54, 1.807) is 12.1 Å². The summed E-state index contributed by atoms with van der Waals surface area (Å²) >= 11 is 16.7. The first-order chi connectivity index (χ1) is 8.88. The molecule has 1 atom stereocenters. The molecule has 0 aliphatic heterocycles. The first kappa shape index (κ1) is 15.0. The maximum absolute atomic E-state index is 11.9. The molecule has 3 nitrogen and oxygen atoms in total. The zero-order chi connectivity index (χ0) is 14.2. The SMILES string of the molecule is CC(C)C(Br)C(=O)Nc1nc2c(Cl)cc(Cl)cc2s1. The van der Waals surface area contributed by atoms with Gasteiger partial charge in [-0.3, -0.25) is 4.79 Å². The van der Waals surface area contributed by atoms with Crippen LogP contribution < -0.4 is 5.32 Å². The lowest BCUT2D eigenvalue weighted by molar-refractivity contribution is -0.116. The van der Waals surface area contributed by atoms with Crippen molar-refractivity contribution in [3.8, 4) is 0 Å². The number of nitrogens with zero attached hydrogens (tertiary/aromatic N) is 1. The van der Waals surface area contributed by atoms with E-state index in [1.807, 2.05) is 13.8 Å². The second kappa shape index (κ2) is 5.95. The summed E-state index contributed by atoms with van der Waals surface area (Å²) in [7, 11) is 0. The highest BCUT2D eigenvalue weighted by Crippen LogP contribution is 2.34. The predicted octanol–water partition coefficient (Wildman–Crippen LogP) is 4.96. The Kier molecular flexibility index (Phi) is 4.71. The number of carbonyl (C=O) groups excluding carboxylic acids is 1. The Morgan fingerprint density at radius 2 is 2.11 bits per heavy atom. The second-order valence-corrected chi connectivity index (χ2v) is 7.25. The number of nitrogens with one attached hydrogen (secondary N) is 1. The highest BCUT2D eigenvalue weighted by atomic mass is 79.9. The van der Waals surface area contributed by atoms with Gasteiger partial charge < -0.3 is 5.32 Å². The summed E-state index contributed by atoms with van der Waals surface area (Å²) in [5.41, 5.74) is 0.655. The monoisotopic (exact) mass is 380 g/mol. The van der Waals surface area contributed by atoms with Gasteiger partial charge in [-0.05, 0) is 18.1 Å². The number of hydrogen-bond donors (Lipinski definition) is 1. The minimum atomic E-state index is -0.251. The van der Waals surface area contributed by atoms with Crippen LogP contribution >= 0.6 is 50.5 Å². The molecule has 2 aromatic rings. The Bertz CT molecular complexity index is 629. The van der Waals surface area contributed by atoms with Crippen LogP contribution in [-0.4, -0.2) is 15.7 Å². The highest BCUT2D eigenvalue weighted by Gasteiger charge is 2.20. The van der Waals surface area contributed by atoms with Gasteiger partial charge in [-0.25, -0.2) is 4.98 Å². The molecule has 0 saturated carbocycles. The van der Waals surface area contributed by atoms with Gasteiger partial charge in [-0.1, -0.05) is 64.3 Å². The Morgan fingerprint density at radius 1 is 1.42 bits per heavy atom. The first-order valence-electron chi connectivity index (χ1n) is 5.59. The topological polar surface area (TPSA) is 42.0 Å². The molecule has 7 heteroatoms. The van der Waals surface area contributed by atoms with Crippen LogP contribution in [0.2, 0.25) is 10.0 Å². The molecule has 1 amide bonds. The molecule has 1 heterocycles. The van der Waals surface area contributed by atoms with Crippen LogP contribution in [0.15, 0.2) is 12.1 Å². The third-order valence-corrected chi connectivity index (χ3v) is 5.38. The number of rotatable bonds is 3. The van der Waals surface area contributed by atoms with Gasteiger partial charge in [-0.2, -0.15) is 0 Å². The van der Waals surface area contributed by atoms with E-state index in [-0.39, 0.29) is 16.7 Å². The molecule has 0 radical (unpaired) electrons. The molecule has 0 spiro atoms. The fourth-order valence-corrected chi connectivity index (χ4v) is 3.19. The Morgan fingerprint density at radius 3 is 2.74 bits per heavy atom. The Labute approximate surface area is 133 Å². The van der Waals surface area contributed by atoms with E-state index >= 15 is 0 Å². The van der Waals surface area contributed by atoms with E-state index in [9.17, 15) is 4.79 Å². The van der Waals surface area contributed by atoms with Gasteiger partial charge in [0.1, 0.15) is 5.52 Å². The van der Waals surface area contributed by atoms with Crippen molar-refractivity contribution in [2.24, 2.45) is 5.92 Å². The first-order valence-corrected chi connectivity index (χ1v) is 8.08.